The first-order chi connectivity index (χ1) is 10.2. The maximum absolute atomic E-state index is 13.9. The number of halogens is 2. The summed E-state index contributed by atoms with van der Waals surface area (Å²) in [6, 6.07) is 11.7. The smallest absolute Gasteiger partial charge is 0.163 e. The highest BCUT2D eigenvalue weighted by Gasteiger charge is 2.19. The molecule has 0 aliphatic heterocycles. The van der Waals surface area contributed by atoms with Crippen LogP contribution in [0.15, 0.2) is 47.8 Å². The third kappa shape index (κ3) is 2.68. The lowest BCUT2D eigenvalue weighted by Gasteiger charge is -2.17. The van der Waals surface area contributed by atoms with Gasteiger partial charge in [-0.3, -0.25) is 11.3 Å². The Morgan fingerprint density at radius 3 is 2.71 bits per heavy atom. The van der Waals surface area contributed by atoms with E-state index in [4.69, 9.17) is 5.84 Å². The predicted octanol–water partition coefficient (Wildman–Crippen LogP) is 3.93. The van der Waals surface area contributed by atoms with E-state index in [2.05, 4.69) is 5.43 Å². The van der Waals surface area contributed by atoms with Gasteiger partial charge < -0.3 is 0 Å². The fourth-order valence-electron chi connectivity index (χ4n) is 2.46. The van der Waals surface area contributed by atoms with Crippen molar-refractivity contribution in [2.75, 3.05) is 0 Å². The molecule has 108 valence electrons. The van der Waals surface area contributed by atoms with Gasteiger partial charge in [-0.25, -0.2) is 8.78 Å². The van der Waals surface area contributed by atoms with Crippen LogP contribution in [-0.4, -0.2) is 0 Å². The van der Waals surface area contributed by atoms with Gasteiger partial charge >= 0.3 is 0 Å². The van der Waals surface area contributed by atoms with Crippen molar-refractivity contribution in [3.8, 4) is 0 Å². The molecule has 0 bridgehead atoms. The molecule has 0 amide bonds. The van der Waals surface area contributed by atoms with Crippen molar-refractivity contribution in [2.24, 2.45) is 5.84 Å². The first-order valence-electron chi connectivity index (χ1n) is 6.56. The molecular weight excluding hydrogens is 290 g/mol. The van der Waals surface area contributed by atoms with Gasteiger partial charge in [-0.15, -0.1) is 11.3 Å². The van der Waals surface area contributed by atoms with Gasteiger partial charge in [0.05, 0.1) is 6.04 Å². The summed E-state index contributed by atoms with van der Waals surface area (Å²) in [5, 5.41) is 3.16. The summed E-state index contributed by atoms with van der Waals surface area (Å²) in [6.07, 6.45) is 0.501. The number of fused-ring (bicyclic) bond motifs is 1. The van der Waals surface area contributed by atoms with Crippen molar-refractivity contribution in [3.63, 3.8) is 0 Å². The fourth-order valence-corrected chi connectivity index (χ4v) is 3.43. The van der Waals surface area contributed by atoms with Gasteiger partial charge in [0.25, 0.3) is 0 Å². The summed E-state index contributed by atoms with van der Waals surface area (Å²) in [4.78, 5) is 0. The standard InChI is InChI=1S/C16H14F2N2S/c17-13-6-3-5-12(16(13)18)14(20-19)8-10-9-21-15-7-2-1-4-11(10)15/h1-7,9,14,20H,8,19H2. The van der Waals surface area contributed by atoms with Gasteiger partial charge in [-0.1, -0.05) is 30.3 Å². The molecule has 1 unspecified atom stereocenters. The lowest BCUT2D eigenvalue weighted by molar-refractivity contribution is 0.465. The van der Waals surface area contributed by atoms with Crippen molar-refractivity contribution in [1.82, 2.24) is 5.43 Å². The molecule has 21 heavy (non-hydrogen) atoms. The summed E-state index contributed by atoms with van der Waals surface area (Å²) in [5.41, 5.74) is 3.90. The van der Waals surface area contributed by atoms with Crippen LogP contribution in [0.5, 0.6) is 0 Å². The molecule has 1 heterocycles. The molecule has 2 aromatic carbocycles. The third-order valence-electron chi connectivity index (χ3n) is 3.54. The quantitative estimate of drug-likeness (QED) is 0.566. The van der Waals surface area contributed by atoms with Crippen LogP contribution in [-0.2, 0) is 6.42 Å². The van der Waals surface area contributed by atoms with E-state index in [0.717, 1.165) is 17.0 Å². The second-order valence-corrected chi connectivity index (χ2v) is 5.73. The van der Waals surface area contributed by atoms with Crippen molar-refractivity contribution in [2.45, 2.75) is 12.5 Å². The molecule has 1 aromatic heterocycles. The summed E-state index contributed by atoms with van der Waals surface area (Å²) in [7, 11) is 0. The minimum Gasteiger partial charge on any atom is -0.271 e. The average molecular weight is 304 g/mol. The normalized spacial score (nSPS) is 12.7. The second-order valence-electron chi connectivity index (χ2n) is 4.82. The molecule has 0 saturated carbocycles. The van der Waals surface area contributed by atoms with Crippen molar-refractivity contribution in [1.29, 1.82) is 0 Å². The highest BCUT2D eigenvalue weighted by molar-refractivity contribution is 7.17. The zero-order chi connectivity index (χ0) is 14.8. The average Bonchev–Trinajstić information content (AvgIpc) is 2.91. The molecule has 1 atom stereocenters. The SMILES string of the molecule is NNC(Cc1csc2ccccc12)c1cccc(F)c1F. The predicted molar refractivity (Wildman–Crippen MR) is 82.0 cm³/mol. The largest absolute Gasteiger partial charge is 0.271 e. The van der Waals surface area contributed by atoms with Crippen LogP contribution in [0.4, 0.5) is 8.78 Å². The molecule has 3 rings (SSSR count). The Kier molecular flexibility index (Phi) is 3.96. The summed E-state index contributed by atoms with van der Waals surface area (Å²) < 4.78 is 28.4. The maximum atomic E-state index is 13.9. The summed E-state index contributed by atoms with van der Waals surface area (Å²) in [6.45, 7) is 0. The Labute approximate surface area is 125 Å². The van der Waals surface area contributed by atoms with Crippen molar-refractivity contribution < 1.29 is 8.78 Å². The second kappa shape index (κ2) is 5.89. The molecular formula is C16H14F2N2S. The van der Waals surface area contributed by atoms with E-state index in [1.165, 1.54) is 10.8 Å². The lowest BCUT2D eigenvalue weighted by Crippen LogP contribution is -2.30. The molecule has 0 saturated heterocycles. The monoisotopic (exact) mass is 304 g/mol. The number of hydrogen-bond donors (Lipinski definition) is 2. The molecule has 3 N–H and O–H groups in total. The van der Waals surface area contributed by atoms with Crippen LogP contribution in [0.1, 0.15) is 17.2 Å². The van der Waals surface area contributed by atoms with E-state index in [9.17, 15) is 8.78 Å². The van der Waals surface area contributed by atoms with Crippen LogP contribution >= 0.6 is 11.3 Å². The Morgan fingerprint density at radius 1 is 1.10 bits per heavy atom. The zero-order valence-electron chi connectivity index (χ0n) is 11.1. The van der Waals surface area contributed by atoms with Crippen LogP contribution in [0.25, 0.3) is 10.1 Å². The third-order valence-corrected chi connectivity index (χ3v) is 4.56. The maximum Gasteiger partial charge on any atom is 0.163 e. The molecule has 2 nitrogen and oxygen atoms in total. The molecule has 0 aliphatic rings. The van der Waals surface area contributed by atoms with E-state index in [0.29, 0.717) is 6.42 Å². The van der Waals surface area contributed by atoms with Crippen LogP contribution < -0.4 is 11.3 Å². The molecule has 0 aliphatic carbocycles. The summed E-state index contributed by atoms with van der Waals surface area (Å²) >= 11 is 1.63. The zero-order valence-corrected chi connectivity index (χ0v) is 12.0. The first kappa shape index (κ1) is 14.1. The Hall–Kier alpha value is -1.82. The number of benzene rings is 2. The summed E-state index contributed by atoms with van der Waals surface area (Å²) in [5.74, 6) is 3.84. The molecule has 0 spiro atoms. The number of rotatable bonds is 4. The minimum absolute atomic E-state index is 0.243. The van der Waals surface area contributed by atoms with Gasteiger partial charge in [-0.05, 0) is 34.9 Å². The van der Waals surface area contributed by atoms with E-state index in [1.54, 1.807) is 17.4 Å². The Bertz CT molecular complexity index is 770. The van der Waals surface area contributed by atoms with E-state index in [1.807, 2.05) is 29.6 Å². The highest BCUT2D eigenvalue weighted by atomic mass is 32.1. The van der Waals surface area contributed by atoms with Crippen LogP contribution in [0.3, 0.4) is 0 Å². The van der Waals surface area contributed by atoms with Gasteiger partial charge in [-0.2, -0.15) is 0 Å². The van der Waals surface area contributed by atoms with Gasteiger partial charge in [0.15, 0.2) is 11.6 Å². The van der Waals surface area contributed by atoms with Gasteiger partial charge in [0.2, 0.25) is 0 Å². The Balaban J connectivity index is 1.96. The van der Waals surface area contributed by atoms with Gasteiger partial charge in [0.1, 0.15) is 0 Å². The van der Waals surface area contributed by atoms with E-state index in [-0.39, 0.29) is 5.56 Å². The Morgan fingerprint density at radius 2 is 1.90 bits per heavy atom. The highest BCUT2D eigenvalue weighted by Crippen LogP contribution is 2.30. The minimum atomic E-state index is -0.858. The van der Waals surface area contributed by atoms with Crippen molar-refractivity contribution >= 4 is 21.4 Å². The molecule has 0 radical (unpaired) electrons. The number of hydrazine groups is 1. The molecule has 5 heteroatoms. The van der Waals surface area contributed by atoms with Gasteiger partial charge in [0, 0.05) is 10.3 Å². The lowest BCUT2D eigenvalue weighted by atomic mass is 9.98. The van der Waals surface area contributed by atoms with Crippen LogP contribution in [0.2, 0.25) is 0 Å². The van der Waals surface area contributed by atoms with E-state index >= 15 is 0 Å². The fraction of sp³-hybridized carbons (Fsp3) is 0.125. The number of hydrogen-bond acceptors (Lipinski definition) is 3. The molecule has 0 fully saturated rings. The number of nitrogens with one attached hydrogen (secondary N) is 1. The van der Waals surface area contributed by atoms with E-state index < -0.39 is 17.7 Å². The number of nitrogens with two attached hydrogens (primary N) is 1. The first-order valence-corrected chi connectivity index (χ1v) is 7.44. The molecule has 3 aromatic rings. The van der Waals surface area contributed by atoms with Crippen molar-refractivity contribution in [3.05, 3.63) is 70.6 Å². The topological polar surface area (TPSA) is 38.0 Å². The van der Waals surface area contributed by atoms with Crippen LogP contribution in [0, 0.1) is 11.6 Å². The number of thiophene rings is 1.